The van der Waals surface area contributed by atoms with Crippen LogP contribution in [0.3, 0.4) is 0 Å². The van der Waals surface area contributed by atoms with Gasteiger partial charge >= 0.3 is 12.0 Å². The van der Waals surface area contributed by atoms with Crippen molar-refractivity contribution in [3.8, 4) is 0 Å². The van der Waals surface area contributed by atoms with E-state index in [1.54, 1.807) is 16.8 Å². The zero-order valence-electron chi connectivity index (χ0n) is 12.1. The molecular formula is C15H20N2O3. The van der Waals surface area contributed by atoms with Crippen LogP contribution < -0.4 is 0 Å². The van der Waals surface area contributed by atoms with Gasteiger partial charge in [-0.2, -0.15) is 0 Å². The lowest BCUT2D eigenvalue weighted by Gasteiger charge is -2.16. The number of nitrogens with zero attached hydrogens (tertiary/aromatic N) is 2. The second-order valence-corrected chi connectivity index (χ2v) is 5.19. The molecule has 1 heterocycles. The van der Waals surface area contributed by atoms with Crippen molar-refractivity contribution in [2.24, 2.45) is 0 Å². The van der Waals surface area contributed by atoms with Crippen molar-refractivity contribution in [3.63, 3.8) is 0 Å². The first-order chi connectivity index (χ1) is 9.51. The zero-order valence-corrected chi connectivity index (χ0v) is 12.1. The molecule has 1 aliphatic heterocycles. The average molecular weight is 276 g/mol. The van der Waals surface area contributed by atoms with Gasteiger partial charge in [-0.05, 0) is 12.5 Å². The Kier molecular flexibility index (Phi) is 4.27. The molecule has 1 unspecified atom stereocenters. The largest absolute Gasteiger partial charge is 0.469 e. The predicted molar refractivity (Wildman–Crippen MR) is 75.2 cm³/mol. The van der Waals surface area contributed by atoms with Crippen molar-refractivity contribution in [3.05, 3.63) is 35.4 Å². The lowest BCUT2D eigenvalue weighted by Crippen LogP contribution is -2.32. The molecule has 20 heavy (non-hydrogen) atoms. The summed E-state index contributed by atoms with van der Waals surface area (Å²) in [5, 5.41) is 0. The Morgan fingerprint density at radius 2 is 2.00 bits per heavy atom. The number of hydrogen-bond acceptors (Lipinski definition) is 3. The van der Waals surface area contributed by atoms with Crippen molar-refractivity contribution in [1.29, 1.82) is 0 Å². The van der Waals surface area contributed by atoms with Crippen LogP contribution in [0.5, 0.6) is 0 Å². The van der Waals surface area contributed by atoms with E-state index in [0.29, 0.717) is 13.1 Å². The molecule has 0 aliphatic carbocycles. The number of hydrogen-bond donors (Lipinski definition) is 0. The van der Waals surface area contributed by atoms with Gasteiger partial charge in [0.15, 0.2) is 0 Å². The quantitative estimate of drug-likeness (QED) is 0.788. The maximum absolute atomic E-state index is 12.2. The number of ether oxygens (including phenoxy) is 1. The molecule has 1 atom stereocenters. The Morgan fingerprint density at radius 1 is 1.35 bits per heavy atom. The summed E-state index contributed by atoms with van der Waals surface area (Å²) in [5.41, 5.74) is 2.29. The fourth-order valence-electron chi connectivity index (χ4n) is 2.36. The van der Waals surface area contributed by atoms with Gasteiger partial charge in [-0.15, -0.1) is 0 Å². The van der Waals surface area contributed by atoms with Gasteiger partial charge in [-0.3, -0.25) is 4.79 Å². The zero-order chi connectivity index (χ0) is 14.7. The summed E-state index contributed by atoms with van der Waals surface area (Å²) in [7, 11) is 3.09. The Morgan fingerprint density at radius 3 is 2.60 bits per heavy atom. The smallest absolute Gasteiger partial charge is 0.320 e. The van der Waals surface area contributed by atoms with E-state index in [0.717, 1.165) is 5.56 Å². The first-order valence-electron chi connectivity index (χ1n) is 6.65. The van der Waals surface area contributed by atoms with Gasteiger partial charge in [-0.1, -0.05) is 29.8 Å². The lowest BCUT2D eigenvalue weighted by molar-refractivity contribution is -0.141. The highest BCUT2D eigenvalue weighted by Crippen LogP contribution is 2.19. The van der Waals surface area contributed by atoms with Crippen molar-refractivity contribution < 1.29 is 14.3 Å². The van der Waals surface area contributed by atoms with E-state index in [-0.39, 0.29) is 24.5 Å². The summed E-state index contributed by atoms with van der Waals surface area (Å²) < 4.78 is 4.67. The van der Waals surface area contributed by atoms with Crippen LogP contribution in [0.1, 0.15) is 17.5 Å². The first-order valence-corrected chi connectivity index (χ1v) is 6.65. The van der Waals surface area contributed by atoms with Crippen LogP contribution >= 0.6 is 0 Å². The molecule has 0 radical (unpaired) electrons. The van der Waals surface area contributed by atoms with Crippen molar-refractivity contribution >= 4 is 12.0 Å². The summed E-state index contributed by atoms with van der Waals surface area (Å²) >= 11 is 0. The Hall–Kier alpha value is -2.04. The third-order valence-electron chi connectivity index (χ3n) is 3.68. The second kappa shape index (κ2) is 5.94. The monoisotopic (exact) mass is 276 g/mol. The topological polar surface area (TPSA) is 49.9 Å². The van der Waals surface area contributed by atoms with E-state index in [1.807, 2.05) is 31.2 Å². The number of urea groups is 1. The molecule has 0 N–H and O–H groups in total. The van der Waals surface area contributed by atoms with E-state index >= 15 is 0 Å². The van der Waals surface area contributed by atoms with E-state index in [1.165, 1.54) is 12.7 Å². The molecule has 1 aromatic rings. The third kappa shape index (κ3) is 3.10. The SMILES string of the molecule is COC(=O)CC1CN(Cc2ccc(C)cc2)C(=O)N1C. The normalized spacial score (nSPS) is 18.6. The van der Waals surface area contributed by atoms with Gasteiger partial charge in [0.1, 0.15) is 0 Å². The number of likely N-dealkylation sites (N-methyl/N-ethyl adjacent to an activating group) is 1. The summed E-state index contributed by atoms with van der Waals surface area (Å²) in [6, 6.07) is 7.96. The molecule has 1 aliphatic rings. The number of carbonyl (C=O) groups excluding carboxylic acids is 2. The van der Waals surface area contributed by atoms with Crippen LogP contribution in [0, 0.1) is 6.92 Å². The van der Waals surface area contributed by atoms with Crippen molar-refractivity contribution in [1.82, 2.24) is 9.80 Å². The van der Waals surface area contributed by atoms with E-state index < -0.39 is 0 Å². The van der Waals surface area contributed by atoms with Gasteiger partial charge in [-0.25, -0.2) is 4.79 Å². The van der Waals surface area contributed by atoms with Gasteiger partial charge in [0.05, 0.1) is 19.6 Å². The molecule has 108 valence electrons. The number of methoxy groups -OCH3 is 1. The average Bonchev–Trinajstić information content (AvgIpc) is 2.69. The number of aryl methyl sites for hydroxylation is 1. The maximum Gasteiger partial charge on any atom is 0.320 e. The summed E-state index contributed by atoms with van der Waals surface area (Å²) in [6.45, 7) is 3.16. The number of esters is 1. The molecule has 1 saturated heterocycles. The molecule has 1 aromatic carbocycles. The Bertz CT molecular complexity index is 498. The van der Waals surface area contributed by atoms with Crippen LogP contribution in [0.15, 0.2) is 24.3 Å². The second-order valence-electron chi connectivity index (χ2n) is 5.19. The maximum atomic E-state index is 12.2. The van der Waals surface area contributed by atoms with Crippen LogP contribution in [-0.2, 0) is 16.1 Å². The minimum absolute atomic E-state index is 0.0421. The van der Waals surface area contributed by atoms with Crippen LogP contribution in [0.4, 0.5) is 4.79 Å². The number of carbonyl (C=O) groups is 2. The van der Waals surface area contributed by atoms with E-state index in [4.69, 9.17) is 0 Å². The van der Waals surface area contributed by atoms with Crippen LogP contribution in [-0.4, -0.2) is 48.5 Å². The highest BCUT2D eigenvalue weighted by atomic mass is 16.5. The van der Waals surface area contributed by atoms with Crippen molar-refractivity contribution in [2.45, 2.75) is 25.9 Å². The summed E-state index contributed by atoms with van der Waals surface area (Å²) in [6.07, 6.45) is 0.239. The molecular weight excluding hydrogens is 256 g/mol. The first kappa shape index (κ1) is 14.4. The van der Waals surface area contributed by atoms with Gasteiger partial charge < -0.3 is 14.5 Å². The highest BCUT2D eigenvalue weighted by Gasteiger charge is 2.35. The Labute approximate surface area is 119 Å². The van der Waals surface area contributed by atoms with Crippen molar-refractivity contribution in [2.75, 3.05) is 20.7 Å². The molecule has 1 fully saturated rings. The molecule has 2 amide bonds. The minimum atomic E-state index is -0.285. The Balaban J connectivity index is 2.01. The number of rotatable bonds is 4. The highest BCUT2D eigenvalue weighted by molar-refractivity contribution is 5.79. The van der Waals surface area contributed by atoms with E-state index in [2.05, 4.69) is 4.74 Å². The van der Waals surface area contributed by atoms with Gasteiger partial charge in [0.2, 0.25) is 0 Å². The number of amides is 2. The standard InChI is InChI=1S/C15H20N2O3/c1-11-4-6-12(7-5-11)9-17-10-13(8-14(18)20-3)16(2)15(17)19/h4-7,13H,8-10H2,1-3H3. The molecule has 0 spiro atoms. The predicted octanol–water partition coefficient (Wildman–Crippen LogP) is 1.79. The molecule has 5 heteroatoms. The van der Waals surface area contributed by atoms with Gasteiger partial charge in [0.25, 0.3) is 0 Å². The summed E-state index contributed by atoms with van der Waals surface area (Å²) in [5.74, 6) is -0.285. The number of benzene rings is 1. The fourth-order valence-corrected chi connectivity index (χ4v) is 2.36. The molecule has 0 bridgehead atoms. The molecule has 0 saturated carbocycles. The van der Waals surface area contributed by atoms with E-state index in [9.17, 15) is 9.59 Å². The van der Waals surface area contributed by atoms with Crippen LogP contribution in [0.2, 0.25) is 0 Å². The molecule has 5 nitrogen and oxygen atoms in total. The molecule has 2 rings (SSSR count). The summed E-state index contributed by atoms with van der Waals surface area (Å²) in [4.78, 5) is 26.9. The van der Waals surface area contributed by atoms with Crippen LogP contribution in [0.25, 0.3) is 0 Å². The third-order valence-corrected chi connectivity index (χ3v) is 3.68. The fraction of sp³-hybridized carbons (Fsp3) is 0.467. The van der Waals surface area contributed by atoms with Gasteiger partial charge in [0, 0.05) is 20.1 Å². The minimum Gasteiger partial charge on any atom is -0.469 e. The molecule has 0 aromatic heterocycles. The lowest BCUT2D eigenvalue weighted by atomic mass is 10.1.